The van der Waals surface area contributed by atoms with Crippen molar-refractivity contribution in [3.05, 3.63) is 0 Å². The Bertz CT molecular complexity index is 495. The number of carbonyl (C=O) groups is 3. The molecule has 1 heterocycles. The second-order valence-corrected chi connectivity index (χ2v) is 7.66. The predicted octanol–water partition coefficient (Wildman–Crippen LogP) is 0.382. The van der Waals surface area contributed by atoms with Crippen molar-refractivity contribution >= 4 is 47.9 Å². The standard InChI is InChI=1S/C14H25BN3O5S2/c16-13(20)11-5-4-8-18(11)12(19)6-10-24-9-3-1-2-7-15-14(21)17-25(22)23/h11H,1-10H2,(H2,16,20)(H,17,21)(H,22,23)/p-1/t11-/m0/s1. The number of rotatable bonds is 12. The van der Waals surface area contributed by atoms with Gasteiger partial charge in [0.2, 0.25) is 19.1 Å². The average molecular weight is 389 g/mol. The minimum atomic E-state index is -2.56. The fourth-order valence-electron chi connectivity index (χ4n) is 2.65. The molecule has 3 amide bonds. The monoisotopic (exact) mass is 389 g/mol. The minimum Gasteiger partial charge on any atom is -0.755 e. The Kier molecular flexibility index (Phi) is 10.8. The van der Waals surface area contributed by atoms with Crippen LogP contribution in [0.2, 0.25) is 6.32 Å². The van der Waals surface area contributed by atoms with E-state index in [1.54, 1.807) is 21.4 Å². The van der Waals surface area contributed by atoms with Crippen LogP contribution < -0.4 is 10.5 Å². The molecular weight excluding hydrogens is 365 g/mol. The summed E-state index contributed by atoms with van der Waals surface area (Å²) >= 11 is -0.871. The van der Waals surface area contributed by atoms with Gasteiger partial charge < -0.3 is 15.2 Å². The predicted molar refractivity (Wildman–Crippen MR) is 97.7 cm³/mol. The highest BCUT2D eigenvalue weighted by atomic mass is 32.2. The summed E-state index contributed by atoms with van der Waals surface area (Å²) in [5.74, 6) is 0.599. The zero-order valence-corrected chi connectivity index (χ0v) is 15.7. The van der Waals surface area contributed by atoms with Crippen LogP contribution in [-0.4, -0.2) is 62.7 Å². The molecule has 1 aliphatic heterocycles. The molecule has 1 unspecified atom stereocenters. The van der Waals surface area contributed by atoms with E-state index in [0.29, 0.717) is 31.5 Å². The van der Waals surface area contributed by atoms with Crippen LogP contribution in [0.4, 0.5) is 4.79 Å². The van der Waals surface area contributed by atoms with E-state index in [1.165, 1.54) is 7.28 Å². The zero-order valence-electron chi connectivity index (χ0n) is 14.1. The molecule has 8 nitrogen and oxygen atoms in total. The number of hydrogen-bond donors (Lipinski definition) is 2. The van der Waals surface area contributed by atoms with Gasteiger partial charge >= 0.3 is 0 Å². The number of nitrogens with two attached hydrogens (primary N) is 1. The first-order chi connectivity index (χ1) is 11.9. The Labute approximate surface area is 155 Å². The fourth-order valence-corrected chi connectivity index (χ4v) is 3.83. The number of amides is 3. The van der Waals surface area contributed by atoms with Crippen molar-refractivity contribution in [1.29, 1.82) is 0 Å². The van der Waals surface area contributed by atoms with Crippen LogP contribution in [0.3, 0.4) is 0 Å². The first-order valence-corrected chi connectivity index (χ1v) is 10.5. The average Bonchev–Trinajstić information content (AvgIpc) is 3.02. The summed E-state index contributed by atoms with van der Waals surface area (Å²) in [7, 11) is 1.33. The quantitative estimate of drug-likeness (QED) is 0.282. The van der Waals surface area contributed by atoms with Crippen molar-refractivity contribution in [2.24, 2.45) is 5.73 Å². The Morgan fingerprint density at radius 3 is 2.72 bits per heavy atom. The molecule has 0 aromatic rings. The van der Waals surface area contributed by atoms with Crippen LogP contribution in [0.25, 0.3) is 0 Å². The first-order valence-electron chi connectivity index (χ1n) is 8.31. The van der Waals surface area contributed by atoms with Gasteiger partial charge in [-0.05, 0) is 25.0 Å². The Morgan fingerprint density at radius 2 is 2.04 bits per heavy atom. The number of nitrogens with one attached hydrogen (secondary N) is 1. The van der Waals surface area contributed by atoms with E-state index >= 15 is 0 Å². The molecule has 0 spiro atoms. The minimum absolute atomic E-state index is 0.00910. The van der Waals surface area contributed by atoms with Crippen LogP contribution >= 0.6 is 11.8 Å². The molecule has 0 saturated carbocycles. The summed E-state index contributed by atoms with van der Waals surface area (Å²) in [6, 6.07) is -0.440. The van der Waals surface area contributed by atoms with E-state index in [9.17, 15) is 23.1 Å². The lowest BCUT2D eigenvalue weighted by atomic mass is 9.72. The molecule has 0 bridgehead atoms. The number of thioether (sulfide) groups is 1. The summed E-state index contributed by atoms with van der Waals surface area (Å²) in [4.78, 5) is 36.0. The van der Waals surface area contributed by atoms with Crippen molar-refractivity contribution in [3.8, 4) is 0 Å². The Morgan fingerprint density at radius 1 is 1.28 bits per heavy atom. The molecule has 2 atom stereocenters. The van der Waals surface area contributed by atoms with Gasteiger partial charge in [0.15, 0.2) is 5.81 Å². The van der Waals surface area contributed by atoms with Gasteiger partial charge in [-0.3, -0.25) is 23.3 Å². The zero-order chi connectivity index (χ0) is 18.7. The van der Waals surface area contributed by atoms with Crippen LogP contribution in [0.15, 0.2) is 0 Å². The largest absolute Gasteiger partial charge is 0.755 e. The smallest absolute Gasteiger partial charge is 0.240 e. The van der Waals surface area contributed by atoms with E-state index in [0.717, 1.165) is 31.4 Å². The summed E-state index contributed by atoms with van der Waals surface area (Å²) in [6.07, 6.45) is 5.15. The molecule has 0 aromatic heterocycles. The molecule has 1 rings (SSSR count). The molecule has 1 fully saturated rings. The highest BCUT2D eigenvalue weighted by Crippen LogP contribution is 2.19. The number of carbonyl (C=O) groups excluding carboxylic acids is 3. The van der Waals surface area contributed by atoms with Crippen LogP contribution in [-0.2, 0) is 20.9 Å². The molecular formula is C14H24BN3O5S2-. The number of likely N-dealkylation sites (tertiary alicyclic amines) is 1. The molecule has 1 aliphatic rings. The van der Waals surface area contributed by atoms with E-state index in [4.69, 9.17) is 5.73 Å². The molecule has 0 aromatic carbocycles. The van der Waals surface area contributed by atoms with Crippen LogP contribution in [0.5, 0.6) is 0 Å². The molecule has 0 aliphatic carbocycles. The highest BCUT2D eigenvalue weighted by Gasteiger charge is 2.31. The highest BCUT2D eigenvalue weighted by molar-refractivity contribution is 7.99. The lowest BCUT2D eigenvalue weighted by molar-refractivity contribution is -0.136. The van der Waals surface area contributed by atoms with Crippen LogP contribution in [0, 0.1) is 0 Å². The topological polar surface area (TPSA) is 133 Å². The number of unbranched alkanes of at least 4 members (excludes halogenated alkanes) is 2. The molecule has 25 heavy (non-hydrogen) atoms. The van der Waals surface area contributed by atoms with Gasteiger partial charge in [-0.1, -0.05) is 19.2 Å². The molecule has 1 saturated heterocycles. The third-order valence-corrected chi connectivity index (χ3v) is 5.31. The van der Waals surface area contributed by atoms with Crippen molar-refractivity contribution in [3.63, 3.8) is 0 Å². The third-order valence-electron chi connectivity index (χ3n) is 3.87. The number of primary amides is 1. The lowest BCUT2D eigenvalue weighted by Crippen LogP contribution is -2.43. The van der Waals surface area contributed by atoms with E-state index < -0.39 is 29.0 Å². The van der Waals surface area contributed by atoms with Gasteiger partial charge in [0, 0.05) is 30.0 Å². The normalized spacial score (nSPS) is 18.0. The number of hydrogen-bond acceptors (Lipinski definition) is 6. The SMILES string of the molecule is NC(=O)[C@@H]1CCCN1C(=O)CCSCCCCC[B]C(=O)NS(=O)[O-]. The second-order valence-electron chi connectivity index (χ2n) is 5.76. The Hall–Kier alpha value is -1.07. The summed E-state index contributed by atoms with van der Waals surface area (Å²) < 4.78 is 22.2. The van der Waals surface area contributed by atoms with Crippen molar-refractivity contribution < 1.29 is 23.1 Å². The van der Waals surface area contributed by atoms with Gasteiger partial charge in [0.05, 0.1) is 0 Å². The van der Waals surface area contributed by atoms with E-state index in [2.05, 4.69) is 0 Å². The summed E-state index contributed by atoms with van der Waals surface area (Å²) in [5, 5.41) is 0. The van der Waals surface area contributed by atoms with Crippen molar-refractivity contribution in [2.75, 3.05) is 18.1 Å². The van der Waals surface area contributed by atoms with Crippen molar-refractivity contribution in [1.82, 2.24) is 9.62 Å². The van der Waals surface area contributed by atoms with Crippen LogP contribution in [0.1, 0.15) is 38.5 Å². The van der Waals surface area contributed by atoms with Gasteiger partial charge in [0.25, 0.3) is 0 Å². The van der Waals surface area contributed by atoms with Gasteiger partial charge in [-0.25, -0.2) is 0 Å². The molecule has 141 valence electrons. The maximum Gasteiger partial charge on any atom is 0.240 e. The summed E-state index contributed by atoms with van der Waals surface area (Å²) in [6.45, 7) is 0.612. The van der Waals surface area contributed by atoms with E-state index in [1.807, 2.05) is 0 Å². The fraction of sp³-hybridized carbons (Fsp3) is 0.786. The maximum atomic E-state index is 12.1. The maximum absolute atomic E-state index is 12.1. The first kappa shape index (κ1) is 22.0. The van der Waals surface area contributed by atoms with E-state index in [-0.39, 0.29) is 5.91 Å². The number of nitrogens with zero attached hydrogens (tertiary/aromatic N) is 1. The third kappa shape index (κ3) is 9.27. The second kappa shape index (κ2) is 12.3. The molecule has 11 heteroatoms. The van der Waals surface area contributed by atoms with Crippen molar-refractivity contribution in [2.45, 2.75) is 50.9 Å². The van der Waals surface area contributed by atoms with Gasteiger partial charge in [0.1, 0.15) is 6.04 Å². The summed E-state index contributed by atoms with van der Waals surface area (Å²) in [5.41, 5.74) is 5.31. The lowest BCUT2D eigenvalue weighted by Gasteiger charge is -2.22. The molecule has 3 N–H and O–H groups in total. The molecule has 1 radical (unpaired) electrons. The van der Waals surface area contributed by atoms with Gasteiger partial charge in [-0.2, -0.15) is 11.8 Å². The Balaban J connectivity index is 1.98. The van der Waals surface area contributed by atoms with Gasteiger partial charge in [-0.15, -0.1) is 0 Å².